The van der Waals surface area contributed by atoms with Crippen molar-refractivity contribution in [1.29, 1.82) is 0 Å². The molecule has 7 nitrogen and oxygen atoms in total. The van der Waals surface area contributed by atoms with Crippen LogP contribution in [0.2, 0.25) is 0 Å². The molecule has 0 radical (unpaired) electrons. The average molecular weight is 434 g/mol. The number of piperazine rings is 1. The quantitative estimate of drug-likeness (QED) is 0.670. The number of hydrogen-bond acceptors (Lipinski definition) is 4. The maximum atomic E-state index is 13.5. The number of aryl methyl sites for hydroxylation is 1. The Kier molecular flexibility index (Phi) is 6.44. The van der Waals surface area contributed by atoms with Crippen LogP contribution in [0, 0.1) is 6.92 Å². The van der Waals surface area contributed by atoms with Crippen LogP contribution in [-0.4, -0.2) is 52.7 Å². The van der Waals surface area contributed by atoms with E-state index in [1.165, 1.54) is 5.56 Å². The van der Waals surface area contributed by atoms with Crippen LogP contribution in [0.15, 0.2) is 53.3 Å². The van der Waals surface area contributed by atoms with E-state index in [9.17, 15) is 9.59 Å². The van der Waals surface area contributed by atoms with Crippen molar-refractivity contribution < 1.29 is 4.79 Å². The first-order valence-corrected chi connectivity index (χ1v) is 11.3. The van der Waals surface area contributed by atoms with Crippen molar-refractivity contribution in [2.75, 3.05) is 31.1 Å². The molecule has 0 aliphatic carbocycles. The van der Waals surface area contributed by atoms with Gasteiger partial charge in [-0.3, -0.25) is 9.36 Å². The van der Waals surface area contributed by atoms with Crippen molar-refractivity contribution in [3.05, 3.63) is 70.0 Å². The number of urea groups is 1. The summed E-state index contributed by atoms with van der Waals surface area (Å²) in [5.41, 5.74) is 3.80. The van der Waals surface area contributed by atoms with Gasteiger partial charge in [0.05, 0.1) is 17.6 Å². The minimum Gasteiger partial charge on any atom is -0.348 e. The molecule has 2 aromatic carbocycles. The van der Waals surface area contributed by atoms with E-state index >= 15 is 0 Å². The number of rotatable bonds is 5. The molecule has 1 aliphatic rings. The molecule has 7 heteroatoms. The second-order valence-electron chi connectivity index (χ2n) is 8.53. The molecule has 1 saturated heterocycles. The van der Waals surface area contributed by atoms with Crippen LogP contribution in [-0.2, 0) is 6.54 Å². The van der Waals surface area contributed by atoms with E-state index in [2.05, 4.69) is 43.4 Å². The minimum atomic E-state index is -0.0956. The Hall–Kier alpha value is -3.35. The predicted octanol–water partition coefficient (Wildman–Crippen LogP) is 3.38. The van der Waals surface area contributed by atoms with Gasteiger partial charge in [-0.15, -0.1) is 0 Å². The zero-order valence-corrected chi connectivity index (χ0v) is 19.0. The molecule has 168 valence electrons. The Balaban J connectivity index is 1.60. The summed E-state index contributed by atoms with van der Waals surface area (Å²) < 4.78 is 1.81. The summed E-state index contributed by atoms with van der Waals surface area (Å²) in [6.45, 7) is 8.89. The number of nitrogens with zero attached hydrogens (tertiary/aromatic N) is 4. The molecular weight excluding hydrogens is 402 g/mol. The summed E-state index contributed by atoms with van der Waals surface area (Å²) in [4.78, 5) is 34.5. The van der Waals surface area contributed by atoms with Crippen molar-refractivity contribution in [2.45, 2.75) is 39.8 Å². The molecule has 2 amide bonds. The predicted molar refractivity (Wildman–Crippen MR) is 128 cm³/mol. The summed E-state index contributed by atoms with van der Waals surface area (Å²) in [5.74, 6) is 0.456. The van der Waals surface area contributed by atoms with Crippen LogP contribution in [0.3, 0.4) is 0 Å². The number of amides is 2. The zero-order valence-electron chi connectivity index (χ0n) is 19.0. The van der Waals surface area contributed by atoms with Crippen LogP contribution in [0.1, 0.15) is 31.4 Å². The van der Waals surface area contributed by atoms with E-state index in [1.54, 1.807) is 0 Å². The zero-order chi connectivity index (χ0) is 22.7. The molecule has 2 heterocycles. The summed E-state index contributed by atoms with van der Waals surface area (Å²) in [7, 11) is 0. The van der Waals surface area contributed by atoms with Gasteiger partial charge >= 0.3 is 6.03 Å². The highest BCUT2D eigenvalue weighted by atomic mass is 16.2. The molecule has 1 N–H and O–H groups in total. The molecule has 0 saturated carbocycles. The topological polar surface area (TPSA) is 70.5 Å². The van der Waals surface area contributed by atoms with Gasteiger partial charge in [0.1, 0.15) is 0 Å². The van der Waals surface area contributed by atoms with Gasteiger partial charge in [0, 0.05) is 32.2 Å². The highest BCUT2D eigenvalue weighted by Crippen LogP contribution is 2.17. The van der Waals surface area contributed by atoms with E-state index < -0.39 is 0 Å². The molecule has 1 aromatic heterocycles. The molecule has 0 bridgehead atoms. The lowest BCUT2D eigenvalue weighted by molar-refractivity contribution is 0.190. The number of carbonyl (C=O) groups excluding carboxylic acids is 1. The molecule has 32 heavy (non-hydrogen) atoms. The maximum absolute atomic E-state index is 13.5. The van der Waals surface area contributed by atoms with Crippen molar-refractivity contribution in [3.8, 4) is 0 Å². The Morgan fingerprint density at radius 2 is 1.75 bits per heavy atom. The van der Waals surface area contributed by atoms with E-state index in [0.717, 1.165) is 23.0 Å². The first-order valence-electron chi connectivity index (χ1n) is 11.3. The van der Waals surface area contributed by atoms with Crippen molar-refractivity contribution in [3.63, 3.8) is 0 Å². The Bertz CT molecular complexity index is 1150. The van der Waals surface area contributed by atoms with E-state index in [1.807, 2.05) is 45.6 Å². The Morgan fingerprint density at radius 1 is 1.06 bits per heavy atom. The number of benzene rings is 2. The van der Waals surface area contributed by atoms with Crippen molar-refractivity contribution in [2.24, 2.45) is 0 Å². The number of fused-ring (bicyclic) bond motifs is 1. The van der Waals surface area contributed by atoms with Gasteiger partial charge < -0.3 is 15.1 Å². The van der Waals surface area contributed by atoms with Gasteiger partial charge in [0.15, 0.2) is 5.82 Å². The number of anilines is 1. The maximum Gasteiger partial charge on any atom is 0.317 e. The third-order valence-corrected chi connectivity index (χ3v) is 6.15. The second-order valence-corrected chi connectivity index (χ2v) is 8.53. The highest BCUT2D eigenvalue weighted by molar-refractivity contribution is 5.77. The van der Waals surface area contributed by atoms with Gasteiger partial charge in [-0.05, 0) is 38.0 Å². The van der Waals surface area contributed by atoms with Gasteiger partial charge in [-0.2, -0.15) is 0 Å². The molecule has 1 atom stereocenters. The number of aromatic nitrogens is 2. The van der Waals surface area contributed by atoms with E-state index in [-0.39, 0.29) is 17.6 Å². The molecule has 1 fully saturated rings. The highest BCUT2D eigenvalue weighted by Gasteiger charge is 2.25. The van der Waals surface area contributed by atoms with Crippen LogP contribution in [0.25, 0.3) is 11.0 Å². The van der Waals surface area contributed by atoms with E-state index in [0.29, 0.717) is 38.5 Å². The van der Waals surface area contributed by atoms with Crippen molar-refractivity contribution in [1.82, 2.24) is 19.8 Å². The lowest BCUT2D eigenvalue weighted by atomic mass is 10.1. The fourth-order valence-corrected chi connectivity index (χ4v) is 3.94. The summed E-state index contributed by atoms with van der Waals surface area (Å²) in [6.07, 6.45) is 0.896. The van der Waals surface area contributed by atoms with Crippen LogP contribution in [0.5, 0.6) is 0 Å². The number of hydrogen-bond donors (Lipinski definition) is 1. The normalized spacial score (nSPS) is 15.1. The second kappa shape index (κ2) is 9.42. The summed E-state index contributed by atoms with van der Waals surface area (Å²) in [6, 6.07) is 16.1. The van der Waals surface area contributed by atoms with Crippen molar-refractivity contribution >= 4 is 22.9 Å². The minimum absolute atomic E-state index is 0.0396. The molecule has 3 aromatic rings. The standard InChI is InChI=1S/C25H31N5O2/c1-4-19(3)26-25(32)29-15-13-28(14-16-29)23-24(31)30(17-20-11-9-18(2)10-12-20)22-8-6-5-7-21(22)27-23/h5-12,19H,4,13-17H2,1-3H3,(H,26,32). The SMILES string of the molecule is CCC(C)NC(=O)N1CCN(c2nc3ccccc3n(Cc3ccc(C)cc3)c2=O)CC1. The molecule has 1 aliphatic heterocycles. The van der Waals surface area contributed by atoms with Crippen LogP contribution in [0.4, 0.5) is 10.6 Å². The number of carbonyl (C=O) groups is 1. The number of para-hydroxylation sites is 2. The monoisotopic (exact) mass is 433 g/mol. The first kappa shape index (κ1) is 21.9. The molecule has 0 spiro atoms. The first-order chi connectivity index (χ1) is 15.5. The molecule has 4 rings (SSSR count). The van der Waals surface area contributed by atoms with Gasteiger partial charge in [0.2, 0.25) is 0 Å². The third kappa shape index (κ3) is 4.61. The summed E-state index contributed by atoms with van der Waals surface area (Å²) >= 11 is 0. The number of nitrogens with one attached hydrogen (secondary N) is 1. The fraction of sp³-hybridized carbons (Fsp3) is 0.400. The fourth-order valence-electron chi connectivity index (χ4n) is 3.94. The Morgan fingerprint density at radius 3 is 2.44 bits per heavy atom. The summed E-state index contributed by atoms with van der Waals surface area (Å²) in [5, 5.41) is 3.02. The largest absolute Gasteiger partial charge is 0.348 e. The lowest BCUT2D eigenvalue weighted by Gasteiger charge is -2.35. The van der Waals surface area contributed by atoms with Crippen LogP contribution < -0.4 is 15.8 Å². The van der Waals surface area contributed by atoms with Gasteiger partial charge in [-0.1, -0.05) is 48.9 Å². The molecular formula is C25H31N5O2. The molecule has 1 unspecified atom stereocenters. The third-order valence-electron chi connectivity index (χ3n) is 6.15. The van der Waals surface area contributed by atoms with Gasteiger partial charge in [0.25, 0.3) is 5.56 Å². The lowest BCUT2D eigenvalue weighted by Crippen LogP contribution is -2.54. The van der Waals surface area contributed by atoms with E-state index in [4.69, 9.17) is 4.98 Å². The Labute approximate surface area is 188 Å². The van der Waals surface area contributed by atoms with Crippen LogP contribution >= 0.6 is 0 Å². The van der Waals surface area contributed by atoms with Gasteiger partial charge in [-0.25, -0.2) is 9.78 Å². The smallest absolute Gasteiger partial charge is 0.317 e. The average Bonchev–Trinajstić information content (AvgIpc) is 2.82.